The molecular weight excluding hydrogens is 476 g/mol. The van der Waals surface area contributed by atoms with Gasteiger partial charge in [0.25, 0.3) is 0 Å². The second-order valence-electron chi connectivity index (χ2n) is 10.7. The summed E-state index contributed by atoms with van der Waals surface area (Å²) in [6.07, 6.45) is -0.773. The Labute approximate surface area is 211 Å². The normalized spacial score (nSPS) is 23.7. The molecule has 2 amide bonds. The molecule has 0 heterocycles. The maximum atomic E-state index is 11.6. The minimum absolute atomic E-state index is 0.0635. The van der Waals surface area contributed by atoms with Crippen LogP contribution < -0.4 is 10.6 Å². The number of ether oxygens (including phenoxy) is 4. The maximum absolute atomic E-state index is 11.6. The van der Waals surface area contributed by atoms with Gasteiger partial charge in [-0.2, -0.15) is 0 Å². The summed E-state index contributed by atoms with van der Waals surface area (Å²) in [5.74, 6) is -2.33. The molecule has 0 aromatic carbocycles. The van der Waals surface area contributed by atoms with E-state index in [2.05, 4.69) is 20.1 Å². The molecule has 2 saturated carbocycles. The van der Waals surface area contributed by atoms with Gasteiger partial charge in [0.05, 0.1) is 38.1 Å². The van der Waals surface area contributed by atoms with E-state index in [0.29, 0.717) is 0 Å². The molecule has 0 aromatic heterocycles. The number of rotatable bonds is 4. The summed E-state index contributed by atoms with van der Waals surface area (Å²) >= 11 is 0. The quantitative estimate of drug-likeness (QED) is 0.419. The highest BCUT2D eigenvalue weighted by atomic mass is 16.6. The van der Waals surface area contributed by atoms with Crippen LogP contribution >= 0.6 is 0 Å². The summed E-state index contributed by atoms with van der Waals surface area (Å²) in [5.41, 5.74) is -1.24. The van der Waals surface area contributed by atoms with Gasteiger partial charge in [-0.15, -0.1) is 0 Å². The predicted octanol–water partition coefficient (Wildman–Crippen LogP) is 2.06. The molecular formula is C24H38N2O10. The largest absolute Gasteiger partial charge is 0.469 e. The fraction of sp³-hybridized carbons (Fsp3) is 0.750. The Morgan fingerprint density at radius 1 is 0.639 bits per heavy atom. The maximum Gasteiger partial charge on any atom is 0.407 e. The summed E-state index contributed by atoms with van der Waals surface area (Å²) in [6, 6.07) is -1.08. The topological polar surface area (TPSA) is 163 Å². The minimum atomic E-state index is -0.629. The van der Waals surface area contributed by atoms with Crippen molar-refractivity contribution in [1.82, 2.24) is 10.6 Å². The lowest BCUT2D eigenvalue weighted by atomic mass is 10.0. The number of nitrogens with one attached hydrogen (secondary N) is 2. The number of methoxy groups -OCH3 is 2. The van der Waals surface area contributed by atoms with E-state index in [1.54, 1.807) is 41.5 Å². The second kappa shape index (κ2) is 12.7. The van der Waals surface area contributed by atoms with E-state index >= 15 is 0 Å². The summed E-state index contributed by atoms with van der Waals surface area (Å²) < 4.78 is 19.4. The first kappa shape index (κ1) is 30.9. The van der Waals surface area contributed by atoms with E-state index in [-0.39, 0.29) is 37.2 Å². The lowest BCUT2D eigenvalue weighted by Gasteiger charge is -2.23. The molecule has 0 bridgehead atoms. The minimum Gasteiger partial charge on any atom is -0.469 e. The molecule has 0 spiro atoms. The van der Waals surface area contributed by atoms with Crippen molar-refractivity contribution in [1.29, 1.82) is 0 Å². The van der Waals surface area contributed by atoms with Gasteiger partial charge < -0.3 is 29.6 Å². The molecule has 2 fully saturated rings. The van der Waals surface area contributed by atoms with Crippen LogP contribution in [0.25, 0.3) is 0 Å². The van der Waals surface area contributed by atoms with Gasteiger partial charge in [0.2, 0.25) is 0 Å². The average molecular weight is 515 g/mol. The number of ketones is 2. The molecule has 0 radical (unpaired) electrons. The van der Waals surface area contributed by atoms with Crippen LogP contribution in [0.1, 0.15) is 67.2 Å². The van der Waals surface area contributed by atoms with Crippen molar-refractivity contribution in [3.05, 3.63) is 0 Å². The molecule has 0 unspecified atom stereocenters. The zero-order chi connectivity index (χ0) is 27.8. The molecule has 12 heteroatoms. The molecule has 2 aliphatic rings. The first-order valence-electron chi connectivity index (χ1n) is 11.6. The second-order valence-corrected chi connectivity index (χ2v) is 10.7. The summed E-state index contributed by atoms with van der Waals surface area (Å²) in [4.78, 5) is 68.8. The first-order chi connectivity index (χ1) is 16.5. The molecule has 204 valence electrons. The van der Waals surface area contributed by atoms with E-state index in [0.717, 1.165) is 0 Å². The predicted molar refractivity (Wildman–Crippen MR) is 126 cm³/mol. The highest BCUT2D eigenvalue weighted by Crippen LogP contribution is 2.25. The Morgan fingerprint density at radius 2 is 0.944 bits per heavy atom. The monoisotopic (exact) mass is 514 g/mol. The van der Waals surface area contributed by atoms with E-state index in [9.17, 15) is 28.8 Å². The average Bonchev–Trinajstić information content (AvgIpc) is 3.25. The van der Waals surface area contributed by atoms with Crippen LogP contribution in [0, 0.1) is 11.8 Å². The van der Waals surface area contributed by atoms with Gasteiger partial charge in [0.15, 0.2) is 0 Å². The van der Waals surface area contributed by atoms with E-state index in [1.165, 1.54) is 14.2 Å². The third-order valence-corrected chi connectivity index (χ3v) is 5.17. The fourth-order valence-electron chi connectivity index (χ4n) is 3.74. The highest BCUT2D eigenvalue weighted by Gasteiger charge is 2.41. The van der Waals surface area contributed by atoms with E-state index in [4.69, 9.17) is 9.47 Å². The van der Waals surface area contributed by atoms with Crippen molar-refractivity contribution < 1.29 is 47.7 Å². The van der Waals surface area contributed by atoms with Crippen molar-refractivity contribution in [3.8, 4) is 0 Å². The summed E-state index contributed by atoms with van der Waals surface area (Å²) in [6.45, 7) is 10.4. The van der Waals surface area contributed by atoms with Crippen LogP contribution in [0.5, 0.6) is 0 Å². The van der Waals surface area contributed by atoms with Crippen molar-refractivity contribution in [2.45, 2.75) is 90.5 Å². The Balaban J connectivity index is 0.000000360. The Morgan fingerprint density at radius 3 is 1.19 bits per heavy atom. The molecule has 0 aliphatic heterocycles. The molecule has 12 nitrogen and oxygen atoms in total. The molecule has 36 heavy (non-hydrogen) atoms. The smallest absolute Gasteiger partial charge is 0.407 e. The van der Waals surface area contributed by atoms with Crippen LogP contribution in [0.3, 0.4) is 0 Å². The number of hydrogen-bond donors (Lipinski definition) is 2. The van der Waals surface area contributed by atoms with Crippen molar-refractivity contribution in [2.75, 3.05) is 14.2 Å². The molecule has 2 rings (SSSR count). The number of carbonyl (C=O) groups excluding carboxylic acids is 6. The lowest BCUT2D eigenvalue weighted by molar-refractivity contribution is -0.147. The molecule has 2 aliphatic carbocycles. The van der Waals surface area contributed by atoms with Crippen molar-refractivity contribution >= 4 is 35.7 Å². The Bertz CT molecular complexity index is 786. The summed E-state index contributed by atoms with van der Waals surface area (Å²) in [7, 11) is 2.52. The van der Waals surface area contributed by atoms with Gasteiger partial charge in [-0.3, -0.25) is 19.2 Å². The lowest BCUT2D eigenvalue weighted by Crippen LogP contribution is -2.43. The van der Waals surface area contributed by atoms with Gasteiger partial charge in [-0.1, -0.05) is 0 Å². The highest BCUT2D eigenvalue weighted by molar-refractivity contribution is 5.91. The van der Waals surface area contributed by atoms with Gasteiger partial charge in [0, 0.05) is 25.7 Å². The van der Waals surface area contributed by atoms with Crippen LogP contribution in [-0.2, 0) is 38.1 Å². The van der Waals surface area contributed by atoms with Crippen LogP contribution in [-0.4, -0.2) is 73.2 Å². The Hall–Kier alpha value is -3.18. The van der Waals surface area contributed by atoms with Crippen molar-refractivity contribution in [3.63, 3.8) is 0 Å². The number of alkyl carbamates (subject to hydrolysis) is 2. The standard InChI is InChI=1S/2C12H19NO5/c2*1-12(2,3)18-11(16)13-9-6-7(14)5-8(9)10(15)17-4/h2*8-9H,5-6H2,1-4H3,(H,13,16)/t2*8-,9-/m10/s1. The van der Waals surface area contributed by atoms with Gasteiger partial charge in [-0.25, -0.2) is 9.59 Å². The third kappa shape index (κ3) is 10.6. The zero-order valence-electron chi connectivity index (χ0n) is 22.2. The first-order valence-corrected chi connectivity index (χ1v) is 11.6. The van der Waals surface area contributed by atoms with Crippen molar-refractivity contribution in [2.24, 2.45) is 11.8 Å². The third-order valence-electron chi connectivity index (χ3n) is 5.17. The fourth-order valence-corrected chi connectivity index (χ4v) is 3.74. The van der Waals surface area contributed by atoms with Crippen LogP contribution in [0.4, 0.5) is 9.59 Å². The molecule has 0 saturated heterocycles. The Kier molecular flexibility index (Phi) is 10.9. The zero-order valence-corrected chi connectivity index (χ0v) is 22.2. The van der Waals surface area contributed by atoms with Crippen LogP contribution in [0.15, 0.2) is 0 Å². The van der Waals surface area contributed by atoms with E-state index < -0.39 is 59.2 Å². The van der Waals surface area contributed by atoms with Gasteiger partial charge >= 0.3 is 24.1 Å². The summed E-state index contributed by atoms with van der Waals surface area (Å²) in [5, 5.41) is 5.10. The molecule has 2 N–H and O–H groups in total. The number of carbonyl (C=O) groups is 6. The number of Topliss-reactive ketones (excluding diaryl/α,β-unsaturated/α-hetero) is 2. The van der Waals surface area contributed by atoms with Gasteiger partial charge in [0.1, 0.15) is 22.8 Å². The molecule has 0 aromatic rings. The number of amides is 2. The number of esters is 2. The number of hydrogen-bond acceptors (Lipinski definition) is 10. The van der Waals surface area contributed by atoms with Gasteiger partial charge in [-0.05, 0) is 41.5 Å². The molecule has 4 atom stereocenters. The van der Waals surface area contributed by atoms with Crippen LogP contribution in [0.2, 0.25) is 0 Å². The SMILES string of the molecule is COC(=O)[C@@H]1CC(=O)C[C@H]1NC(=O)OC(C)(C)C.COC(=O)[C@H]1CC(=O)C[C@@H]1NC(=O)OC(C)(C)C. The van der Waals surface area contributed by atoms with E-state index in [1.807, 2.05) is 0 Å².